The molecule has 1 fully saturated rings. The number of aryl methyl sites for hydroxylation is 1. The molecule has 2 aromatic heterocycles. The van der Waals surface area contributed by atoms with Gasteiger partial charge in [-0.2, -0.15) is 5.10 Å². The van der Waals surface area contributed by atoms with E-state index >= 15 is 0 Å². The number of piperidine rings is 1. The minimum absolute atomic E-state index is 0.451. The monoisotopic (exact) mass is 387 g/mol. The Balaban J connectivity index is 1.35. The number of fused-ring (bicyclic) bond motifs is 1. The van der Waals surface area contributed by atoms with E-state index in [1.165, 1.54) is 18.5 Å². The van der Waals surface area contributed by atoms with E-state index in [2.05, 4.69) is 62.8 Å². The lowest BCUT2D eigenvalue weighted by molar-refractivity contribution is 0.421. The number of nitrogens with one attached hydrogen (secondary N) is 1. The molecule has 0 radical (unpaired) electrons. The lowest BCUT2D eigenvalue weighted by atomic mass is 10.0. The number of hydrogen-bond acceptors (Lipinski definition) is 5. The highest BCUT2D eigenvalue weighted by Crippen LogP contribution is 2.28. The van der Waals surface area contributed by atoms with Crippen molar-refractivity contribution in [3.05, 3.63) is 66.7 Å². The van der Waals surface area contributed by atoms with Crippen molar-refractivity contribution in [1.82, 2.24) is 20.1 Å². The van der Waals surface area contributed by atoms with E-state index in [9.17, 15) is 0 Å². The summed E-state index contributed by atoms with van der Waals surface area (Å²) in [7, 11) is 1.92. The molecule has 0 unspecified atom stereocenters. The van der Waals surface area contributed by atoms with Crippen LogP contribution in [0, 0.1) is 0 Å². The maximum Gasteiger partial charge on any atom is 0.157 e. The van der Waals surface area contributed by atoms with Crippen molar-refractivity contribution in [2.75, 3.05) is 18.0 Å². The van der Waals surface area contributed by atoms with Gasteiger partial charge < -0.3 is 14.6 Å². The molecule has 1 aliphatic rings. The molecule has 0 bridgehead atoms. The first-order valence-electron chi connectivity index (χ1n) is 10.2. The Hall–Kier alpha value is -3.12. The van der Waals surface area contributed by atoms with Gasteiger partial charge in [-0.3, -0.25) is 0 Å². The number of hydrogen-bond donors (Lipinski definition) is 1. The predicted octanol–water partition coefficient (Wildman–Crippen LogP) is 3.99. The zero-order chi connectivity index (χ0) is 19.6. The van der Waals surface area contributed by atoms with E-state index in [-0.39, 0.29) is 0 Å². The van der Waals surface area contributed by atoms with Gasteiger partial charge >= 0.3 is 0 Å². The summed E-state index contributed by atoms with van der Waals surface area (Å²) in [5.74, 6) is 0.863. The molecule has 0 saturated carbocycles. The molecule has 1 atom stereocenters. The SMILES string of the molecule is Cn1ncnc1-c1cc(CN[C@H]2CCCN(c3ccccc3)C2)c2occc2c1. The van der Waals surface area contributed by atoms with Crippen molar-refractivity contribution in [2.45, 2.75) is 25.4 Å². The van der Waals surface area contributed by atoms with E-state index in [0.717, 1.165) is 47.6 Å². The van der Waals surface area contributed by atoms with Gasteiger partial charge in [-0.05, 0) is 43.2 Å². The second-order valence-electron chi connectivity index (χ2n) is 7.68. The molecule has 1 saturated heterocycles. The van der Waals surface area contributed by atoms with Gasteiger partial charge in [0.25, 0.3) is 0 Å². The fourth-order valence-corrected chi connectivity index (χ4v) is 4.25. The topological polar surface area (TPSA) is 59.1 Å². The summed E-state index contributed by atoms with van der Waals surface area (Å²) in [5.41, 5.74) is 4.46. The highest BCUT2D eigenvalue weighted by Gasteiger charge is 2.20. The molecule has 3 heterocycles. The van der Waals surface area contributed by atoms with Gasteiger partial charge in [0.2, 0.25) is 0 Å². The Kier molecular flexibility index (Phi) is 4.77. The molecule has 6 heteroatoms. The van der Waals surface area contributed by atoms with E-state index in [0.29, 0.717) is 6.04 Å². The lowest BCUT2D eigenvalue weighted by Crippen LogP contribution is -2.45. The van der Waals surface area contributed by atoms with Crippen LogP contribution in [0.3, 0.4) is 0 Å². The molecular weight excluding hydrogens is 362 g/mol. The van der Waals surface area contributed by atoms with Crippen molar-refractivity contribution in [2.24, 2.45) is 7.05 Å². The molecule has 29 heavy (non-hydrogen) atoms. The van der Waals surface area contributed by atoms with Crippen LogP contribution in [0.1, 0.15) is 18.4 Å². The summed E-state index contributed by atoms with van der Waals surface area (Å²) in [6.45, 7) is 2.91. The minimum atomic E-state index is 0.451. The minimum Gasteiger partial charge on any atom is -0.464 e. The zero-order valence-electron chi connectivity index (χ0n) is 16.6. The first-order valence-corrected chi connectivity index (χ1v) is 10.2. The summed E-state index contributed by atoms with van der Waals surface area (Å²) < 4.78 is 7.59. The number of aromatic nitrogens is 3. The van der Waals surface area contributed by atoms with E-state index in [1.54, 1.807) is 17.3 Å². The number of anilines is 1. The number of rotatable bonds is 5. The number of benzene rings is 2. The molecular formula is C23H25N5O. The third-order valence-corrected chi connectivity index (χ3v) is 5.72. The molecule has 4 aromatic rings. The first-order chi connectivity index (χ1) is 14.3. The van der Waals surface area contributed by atoms with Crippen molar-refractivity contribution in [3.8, 4) is 11.4 Å². The van der Waals surface area contributed by atoms with Crippen molar-refractivity contribution in [3.63, 3.8) is 0 Å². The number of furan rings is 1. The Morgan fingerprint density at radius 1 is 1.17 bits per heavy atom. The number of nitrogens with zero attached hydrogens (tertiary/aromatic N) is 4. The highest BCUT2D eigenvalue weighted by atomic mass is 16.3. The molecule has 6 nitrogen and oxygen atoms in total. The molecule has 5 rings (SSSR count). The Morgan fingerprint density at radius 3 is 2.90 bits per heavy atom. The van der Waals surface area contributed by atoms with E-state index < -0.39 is 0 Å². The van der Waals surface area contributed by atoms with Gasteiger partial charge in [-0.25, -0.2) is 9.67 Å². The van der Waals surface area contributed by atoms with Gasteiger partial charge in [0.1, 0.15) is 11.9 Å². The van der Waals surface area contributed by atoms with Gasteiger partial charge in [0.05, 0.1) is 6.26 Å². The largest absolute Gasteiger partial charge is 0.464 e. The maximum absolute atomic E-state index is 5.79. The van der Waals surface area contributed by atoms with Gasteiger partial charge in [-0.15, -0.1) is 0 Å². The van der Waals surface area contributed by atoms with Gasteiger partial charge in [0, 0.05) is 54.9 Å². The molecule has 0 aliphatic carbocycles. The quantitative estimate of drug-likeness (QED) is 0.561. The summed E-state index contributed by atoms with van der Waals surface area (Å²) in [6, 6.07) is 17.4. The third kappa shape index (κ3) is 3.63. The Bertz CT molecular complexity index is 1100. The number of para-hydroxylation sites is 1. The van der Waals surface area contributed by atoms with E-state index in [1.807, 2.05) is 13.1 Å². The van der Waals surface area contributed by atoms with Crippen LogP contribution in [0.5, 0.6) is 0 Å². The Morgan fingerprint density at radius 2 is 2.07 bits per heavy atom. The van der Waals surface area contributed by atoms with Crippen LogP contribution < -0.4 is 10.2 Å². The predicted molar refractivity (Wildman–Crippen MR) is 115 cm³/mol. The average molecular weight is 387 g/mol. The van der Waals surface area contributed by atoms with Crippen LogP contribution in [-0.4, -0.2) is 33.9 Å². The second kappa shape index (κ2) is 7.72. The molecule has 0 amide bonds. The van der Waals surface area contributed by atoms with Crippen LogP contribution in [0.2, 0.25) is 0 Å². The summed E-state index contributed by atoms with van der Waals surface area (Å²) in [6.07, 6.45) is 5.73. The summed E-state index contributed by atoms with van der Waals surface area (Å²) in [5, 5.41) is 9.06. The van der Waals surface area contributed by atoms with Crippen molar-refractivity contribution < 1.29 is 4.42 Å². The lowest BCUT2D eigenvalue weighted by Gasteiger charge is -2.35. The van der Waals surface area contributed by atoms with Gasteiger partial charge in [0.15, 0.2) is 5.82 Å². The highest BCUT2D eigenvalue weighted by molar-refractivity contribution is 5.85. The Labute approximate surface area is 170 Å². The fourth-order valence-electron chi connectivity index (χ4n) is 4.25. The van der Waals surface area contributed by atoms with Crippen LogP contribution in [0.15, 0.2) is 65.5 Å². The average Bonchev–Trinajstić information content (AvgIpc) is 3.41. The van der Waals surface area contributed by atoms with Crippen LogP contribution in [-0.2, 0) is 13.6 Å². The van der Waals surface area contributed by atoms with E-state index in [4.69, 9.17) is 4.42 Å². The second-order valence-corrected chi connectivity index (χ2v) is 7.68. The standard InChI is InChI=1S/C23H25N5O/c1-27-23(25-16-26-27)18-12-17-9-11-29-22(17)19(13-18)14-24-20-6-5-10-28(15-20)21-7-3-2-4-8-21/h2-4,7-9,11-13,16,20,24H,5-6,10,14-15H2,1H3/t20-/m0/s1. The molecule has 1 N–H and O–H groups in total. The molecule has 148 valence electrons. The van der Waals surface area contributed by atoms with Gasteiger partial charge in [-0.1, -0.05) is 18.2 Å². The summed E-state index contributed by atoms with van der Waals surface area (Å²) in [4.78, 5) is 6.88. The summed E-state index contributed by atoms with van der Waals surface area (Å²) >= 11 is 0. The molecule has 2 aromatic carbocycles. The fraction of sp³-hybridized carbons (Fsp3) is 0.304. The first kappa shape index (κ1) is 17.9. The van der Waals surface area contributed by atoms with Crippen LogP contribution in [0.25, 0.3) is 22.4 Å². The van der Waals surface area contributed by atoms with Crippen molar-refractivity contribution >= 4 is 16.7 Å². The maximum atomic E-state index is 5.79. The third-order valence-electron chi connectivity index (χ3n) is 5.72. The smallest absolute Gasteiger partial charge is 0.157 e. The molecule has 1 aliphatic heterocycles. The van der Waals surface area contributed by atoms with Crippen LogP contribution >= 0.6 is 0 Å². The normalized spacial score (nSPS) is 17.1. The zero-order valence-corrected chi connectivity index (χ0v) is 16.6. The van der Waals surface area contributed by atoms with Crippen molar-refractivity contribution in [1.29, 1.82) is 0 Å². The molecule has 0 spiro atoms. The van der Waals surface area contributed by atoms with Crippen LogP contribution in [0.4, 0.5) is 5.69 Å².